The number of nitrogens with zero attached hydrogens (tertiary/aromatic N) is 3. The van der Waals surface area contributed by atoms with Crippen LogP contribution in [0.15, 0.2) is 58.6 Å². The van der Waals surface area contributed by atoms with E-state index in [0.717, 1.165) is 5.56 Å². The molecule has 1 aromatic heterocycles. The van der Waals surface area contributed by atoms with Crippen molar-refractivity contribution in [2.24, 2.45) is 5.16 Å². The van der Waals surface area contributed by atoms with Crippen molar-refractivity contribution < 1.29 is 32.3 Å². The van der Waals surface area contributed by atoms with Crippen molar-refractivity contribution in [1.29, 1.82) is 0 Å². The van der Waals surface area contributed by atoms with E-state index in [-0.39, 0.29) is 30.6 Å². The van der Waals surface area contributed by atoms with Crippen molar-refractivity contribution in [3.8, 4) is 5.75 Å². The molecule has 3 aromatic rings. The molecule has 2 aromatic carbocycles. The first-order valence-corrected chi connectivity index (χ1v) is 14.5. The standard InChI is InChI=1S/C30H26BrF3N4O5/c1-16-7-8-30(11-24(31)36-43-30)23-14-37(16)29(41)25-27(42-15-17-5-3-2-4-6-17)26(39)20(13-38(23)25)28(40)35-12-19-21(33)9-18(32)10-22(19)34/h2-6,9-10,13,16,23H,7-8,11-12,14-15H2,1H3,(H,35,40)/t16-,23+,30?/m0/s1. The minimum Gasteiger partial charge on any atom is -0.483 e. The Kier molecular flexibility index (Phi) is 7.53. The van der Waals surface area contributed by atoms with E-state index in [2.05, 4.69) is 26.4 Å². The molecule has 0 radical (unpaired) electrons. The summed E-state index contributed by atoms with van der Waals surface area (Å²) in [7, 11) is 0. The second kappa shape index (κ2) is 11.2. The molecular weight excluding hydrogens is 633 g/mol. The fourth-order valence-electron chi connectivity index (χ4n) is 5.93. The first-order valence-electron chi connectivity index (χ1n) is 13.7. The number of hydrogen-bond donors (Lipinski definition) is 1. The molecule has 1 saturated heterocycles. The fraction of sp³-hybridized carbons (Fsp3) is 0.333. The molecule has 1 unspecified atom stereocenters. The van der Waals surface area contributed by atoms with E-state index in [1.807, 2.05) is 13.0 Å². The Morgan fingerprint density at radius 1 is 1.19 bits per heavy atom. The van der Waals surface area contributed by atoms with Gasteiger partial charge in [-0.1, -0.05) is 35.5 Å². The smallest absolute Gasteiger partial charge is 0.274 e. The number of benzene rings is 2. The molecule has 3 aliphatic rings. The molecule has 13 heteroatoms. The average molecular weight is 659 g/mol. The predicted molar refractivity (Wildman–Crippen MR) is 153 cm³/mol. The van der Waals surface area contributed by atoms with Gasteiger partial charge in [-0.05, 0) is 41.3 Å². The second-order valence-corrected chi connectivity index (χ2v) is 11.8. The highest BCUT2D eigenvalue weighted by Crippen LogP contribution is 2.47. The molecule has 3 atom stereocenters. The van der Waals surface area contributed by atoms with Gasteiger partial charge in [0, 0.05) is 49.4 Å². The number of carbonyl (C=O) groups excluding carboxylic acids is 2. The third kappa shape index (κ3) is 5.19. The number of pyridine rings is 1. The maximum Gasteiger partial charge on any atom is 0.274 e. The van der Waals surface area contributed by atoms with Crippen LogP contribution < -0.4 is 15.5 Å². The Morgan fingerprint density at radius 2 is 1.91 bits per heavy atom. The Bertz CT molecular complexity index is 1690. The molecule has 1 fully saturated rings. The molecule has 6 rings (SSSR count). The quantitative estimate of drug-likeness (QED) is 0.409. The van der Waals surface area contributed by atoms with E-state index < -0.39 is 64.0 Å². The third-order valence-corrected chi connectivity index (χ3v) is 8.68. The summed E-state index contributed by atoms with van der Waals surface area (Å²) in [6.45, 7) is 1.44. The SMILES string of the molecule is C[C@H]1CCC2(CC(Br)=NO2)[C@H]2CN1C(=O)c1c(OCc3ccccc3)c(=O)c(C(=O)NCc3c(F)cc(F)cc3F)cn12. The number of hydrogen-bond acceptors (Lipinski definition) is 6. The van der Waals surface area contributed by atoms with E-state index in [1.165, 1.54) is 6.20 Å². The second-order valence-electron chi connectivity index (χ2n) is 10.9. The zero-order valence-corrected chi connectivity index (χ0v) is 24.5. The first-order chi connectivity index (χ1) is 20.6. The van der Waals surface area contributed by atoms with Crippen molar-refractivity contribution >= 4 is 32.4 Å². The fourth-order valence-corrected chi connectivity index (χ4v) is 6.47. The lowest BCUT2D eigenvalue weighted by Gasteiger charge is -2.42. The van der Waals surface area contributed by atoms with Crippen LogP contribution in [0.4, 0.5) is 13.2 Å². The van der Waals surface area contributed by atoms with Crippen LogP contribution in [0.2, 0.25) is 0 Å². The van der Waals surface area contributed by atoms with Gasteiger partial charge in [-0.3, -0.25) is 14.4 Å². The predicted octanol–water partition coefficient (Wildman–Crippen LogP) is 4.82. The number of oxime groups is 1. The van der Waals surface area contributed by atoms with Crippen LogP contribution in [0, 0.1) is 17.5 Å². The van der Waals surface area contributed by atoms with Crippen LogP contribution in [0.1, 0.15) is 64.2 Å². The molecular formula is C30H26BrF3N4O5. The van der Waals surface area contributed by atoms with Crippen LogP contribution in [0.25, 0.3) is 0 Å². The summed E-state index contributed by atoms with van der Waals surface area (Å²) in [5, 5.41) is 6.48. The maximum absolute atomic E-state index is 14.3. The highest BCUT2D eigenvalue weighted by atomic mass is 79.9. The van der Waals surface area contributed by atoms with Crippen LogP contribution >= 0.6 is 15.9 Å². The van der Waals surface area contributed by atoms with Gasteiger partial charge in [-0.15, -0.1) is 0 Å². The molecule has 0 saturated carbocycles. The van der Waals surface area contributed by atoms with Crippen molar-refractivity contribution in [1.82, 2.24) is 14.8 Å². The van der Waals surface area contributed by atoms with E-state index in [1.54, 1.807) is 33.7 Å². The first kappa shape index (κ1) is 29.0. The minimum atomic E-state index is -1.18. The third-order valence-electron chi connectivity index (χ3n) is 8.26. The molecule has 2 bridgehead atoms. The minimum absolute atomic E-state index is 0.0240. The van der Waals surface area contributed by atoms with Crippen molar-refractivity contribution in [3.05, 3.63) is 98.7 Å². The Hall–Kier alpha value is -4.13. The summed E-state index contributed by atoms with van der Waals surface area (Å²) in [6.07, 6.45) is 2.83. The van der Waals surface area contributed by atoms with Gasteiger partial charge >= 0.3 is 0 Å². The number of halogens is 4. The Morgan fingerprint density at radius 3 is 2.58 bits per heavy atom. The Balaban J connectivity index is 1.45. The van der Waals surface area contributed by atoms with Gasteiger partial charge in [0.2, 0.25) is 5.43 Å². The lowest BCUT2D eigenvalue weighted by Crippen LogP contribution is -2.52. The van der Waals surface area contributed by atoms with Crippen LogP contribution in [-0.4, -0.2) is 44.1 Å². The normalized spacial score (nSPS) is 22.5. The number of amides is 2. The molecule has 224 valence electrons. The molecule has 4 heterocycles. The van der Waals surface area contributed by atoms with Crippen molar-refractivity contribution in [2.75, 3.05) is 6.54 Å². The Labute approximate surface area is 252 Å². The van der Waals surface area contributed by atoms with E-state index in [4.69, 9.17) is 9.57 Å². The topological polar surface area (TPSA) is 102 Å². The summed E-state index contributed by atoms with van der Waals surface area (Å²) in [6, 6.07) is 9.26. The number of nitrogens with one attached hydrogen (secondary N) is 1. The van der Waals surface area contributed by atoms with Gasteiger partial charge in [0.1, 0.15) is 34.2 Å². The number of rotatable bonds is 6. The number of ether oxygens (including phenoxy) is 1. The highest BCUT2D eigenvalue weighted by Gasteiger charge is 2.54. The van der Waals surface area contributed by atoms with Crippen LogP contribution in [0.3, 0.4) is 0 Å². The molecule has 3 aliphatic heterocycles. The number of aromatic nitrogens is 1. The number of carbonyl (C=O) groups is 2. The maximum atomic E-state index is 14.3. The summed E-state index contributed by atoms with van der Waals surface area (Å²) < 4.78 is 50.1. The van der Waals surface area contributed by atoms with Gasteiger partial charge in [0.25, 0.3) is 11.8 Å². The average Bonchev–Trinajstić information content (AvgIpc) is 3.30. The van der Waals surface area contributed by atoms with E-state index >= 15 is 0 Å². The molecule has 0 aliphatic carbocycles. The largest absolute Gasteiger partial charge is 0.483 e. The van der Waals surface area contributed by atoms with Gasteiger partial charge in [0.05, 0.1) is 6.04 Å². The zero-order valence-electron chi connectivity index (χ0n) is 22.9. The summed E-state index contributed by atoms with van der Waals surface area (Å²) in [5.41, 5.74) is -2.01. The number of fused-ring (bicyclic) bond motifs is 5. The lowest BCUT2D eigenvalue weighted by molar-refractivity contribution is -0.0656. The van der Waals surface area contributed by atoms with Gasteiger partial charge in [-0.25, -0.2) is 13.2 Å². The van der Waals surface area contributed by atoms with E-state index in [0.29, 0.717) is 36.0 Å². The molecule has 2 amide bonds. The monoisotopic (exact) mass is 658 g/mol. The van der Waals surface area contributed by atoms with Crippen LogP contribution in [-0.2, 0) is 18.0 Å². The highest BCUT2D eigenvalue weighted by molar-refractivity contribution is 9.18. The molecule has 43 heavy (non-hydrogen) atoms. The van der Waals surface area contributed by atoms with Gasteiger partial charge in [0.15, 0.2) is 17.0 Å². The van der Waals surface area contributed by atoms with Crippen LogP contribution in [0.5, 0.6) is 5.75 Å². The van der Waals surface area contributed by atoms with Crippen molar-refractivity contribution in [3.63, 3.8) is 0 Å². The molecule has 1 N–H and O–H groups in total. The molecule has 9 nitrogen and oxygen atoms in total. The van der Waals surface area contributed by atoms with Gasteiger partial charge in [-0.2, -0.15) is 0 Å². The summed E-state index contributed by atoms with van der Waals surface area (Å²) in [5.74, 6) is -5.18. The summed E-state index contributed by atoms with van der Waals surface area (Å²) in [4.78, 5) is 48.9. The summed E-state index contributed by atoms with van der Waals surface area (Å²) >= 11 is 3.42. The van der Waals surface area contributed by atoms with E-state index in [9.17, 15) is 27.6 Å². The van der Waals surface area contributed by atoms with Crippen molar-refractivity contribution in [2.45, 2.75) is 57.0 Å². The lowest BCUT2D eigenvalue weighted by atomic mass is 9.86. The zero-order chi connectivity index (χ0) is 30.5. The molecule has 1 spiro atoms. The van der Waals surface area contributed by atoms with Gasteiger partial charge < -0.3 is 24.4 Å².